The Balaban J connectivity index is 2.03. The summed E-state index contributed by atoms with van der Waals surface area (Å²) in [6.45, 7) is 15.6. The summed E-state index contributed by atoms with van der Waals surface area (Å²) >= 11 is 0. The lowest BCUT2D eigenvalue weighted by atomic mass is 10.1. The Morgan fingerprint density at radius 1 is 0.788 bits per heavy atom. The quantitative estimate of drug-likeness (QED) is 0.437. The van der Waals surface area contributed by atoms with E-state index in [-0.39, 0.29) is 18.4 Å². The number of nitrogens with zero attached hydrogens (tertiary/aromatic N) is 3. The average molecular weight is 486 g/mol. The van der Waals surface area contributed by atoms with E-state index in [2.05, 4.69) is 26.8 Å². The summed E-state index contributed by atoms with van der Waals surface area (Å²) in [6, 6.07) is 8.20. The van der Waals surface area contributed by atoms with Crippen LogP contribution in [0, 0.1) is 0 Å². The smallest absolute Gasteiger partial charge is 0.335 e. The van der Waals surface area contributed by atoms with Gasteiger partial charge in [-0.05, 0) is 38.8 Å². The molecule has 9 heteroatoms. The lowest BCUT2D eigenvalue weighted by Gasteiger charge is -2.27. The van der Waals surface area contributed by atoms with Crippen LogP contribution in [-0.2, 0) is 26.3 Å². The van der Waals surface area contributed by atoms with Gasteiger partial charge >= 0.3 is 7.60 Å². The van der Waals surface area contributed by atoms with E-state index >= 15 is 0 Å². The fourth-order valence-electron chi connectivity index (χ4n) is 4.21. The first-order chi connectivity index (χ1) is 15.7. The number of β-amino-alcohol motifs (C(OH)–C–C–N with tert-alkyl or cyclic N) is 2. The summed E-state index contributed by atoms with van der Waals surface area (Å²) in [5.74, 6) is 0. The van der Waals surface area contributed by atoms with Crippen LogP contribution in [0.5, 0.6) is 0 Å². The van der Waals surface area contributed by atoms with Crippen LogP contribution in [-0.4, -0.2) is 103 Å². The number of aliphatic hydroxyl groups excluding tert-OH is 2. The molecule has 1 heterocycles. The van der Waals surface area contributed by atoms with Crippen molar-refractivity contribution in [2.24, 2.45) is 0 Å². The van der Waals surface area contributed by atoms with E-state index in [4.69, 9.17) is 9.05 Å². The van der Waals surface area contributed by atoms with Crippen molar-refractivity contribution in [3.05, 3.63) is 35.4 Å². The van der Waals surface area contributed by atoms with Gasteiger partial charge in [-0.2, -0.15) is 0 Å². The molecule has 2 rings (SSSR count). The Labute approximate surface area is 200 Å². The molecule has 0 aliphatic carbocycles. The SMILES string of the molecule is CCOP(=O)(Cc1ccc(CN2CCN(C[C@H](C)O)CCN(C[C@H](C)O)CC2)cc1)OCC. The summed E-state index contributed by atoms with van der Waals surface area (Å²) in [5, 5.41) is 19.8. The van der Waals surface area contributed by atoms with Crippen LogP contribution >= 0.6 is 7.60 Å². The average Bonchev–Trinajstić information content (AvgIpc) is 2.81. The van der Waals surface area contributed by atoms with Gasteiger partial charge in [0, 0.05) is 58.9 Å². The Hall–Kier alpha value is -0.830. The van der Waals surface area contributed by atoms with Gasteiger partial charge in [-0.3, -0.25) is 19.3 Å². The molecule has 1 aromatic carbocycles. The van der Waals surface area contributed by atoms with Gasteiger partial charge in [0.1, 0.15) is 0 Å². The third-order valence-corrected chi connectivity index (χ3v) is 7.75. The minimum Gasteiger partial charge on any atom is -0.392 e. The van der Waals surface area contributed by atoms with Gasteiger partial charge in [0.2, 0.25) is 0 Å². The van der Waals surface area contributed by atoms with E-state index in [1.165, 1.54) is 5.56 Å². The van der Waals surface area contributed by atoms with Crippen LogP contribution in [0.1, 0.15) is 38.8 Å². The number of hydrogen-bond acceptors (Lipinski definition) is 8. The van der Waals surface area contributed by atoms with Gasteiger partial charge < -0.3 is 19.3 Å². The third kappa shape index (κ3) is 11.0. The fraction of sp³-hybridized carbons (Fsp3) is 0.750. The normalized spacial score (nSPS) is 19.6. The van der Waals surface area contributed by atoms with Gasteiger partial charge in [-0.25, -0.2) is 0 Å². The van der Waals surface area contributed by atoms with E-state index < -0.39 is 7.60 Å². The highest BCUT2D eigenvalue weighted by Crippen LogP contribution is 2.51. The molecular formula is C24H44N3O5P. The highest BCUT2D eigenvalue weighted by atomic mass is 31.2. The maximum absolute atomic E-state index is 12.8. The number of benzene rings is 1. The summed E-state index contributed by atoms with van der Waals surface area (Å²) in [5.41, 5.74) is 2.14. The summed E-state index contributed by atoms with van der Waals surface area (Å²) in [4.78, 5) is 7.04. The number of hydrogen-bond donors (Lipinski definition) is 2. The molecule has 1 fully saturated rings. The van der Waals surface area contributed by atoms with E-state index in [0.29, 0.717) is 26.3 Å². The van der Waals surface area contributed by atoms with Crippen molar-refractivity contribution in [2.75, 3.05) is 65.6 Å². The van der Waals surface area contributed by atoms with Crippen LogP contribution in [0.4, 0.5) is 0 Å². The number of rotatable bonds is 12. The fourth-order valence-corrected chi connectivity index (χ4v) is 5.91. The largest absolute Gasteiger partial charge is 0.392 e. The van der Waals surface area contributed by atoms with Crippen molar-refractivity contribution in [3.63, 3.8) is 0 Å². The van der Waals surface area contributed by atoms with Crippen molar-refractivity contribution >= 4 is 7.60 Å². The molecule has 1 aromatic rings. The van der Waals surface area contributed by atoms with E-state index in [1.54, 1.807) is 0 Å². The molecule has 2 N–H and O–H groups in total. The lowest BCUT2D eigenvalue weighted by Crippen LogP contribution is -2.41. The second-order valence-corrected chi connectivity index (χ2v) is 11.1. The summed E-state index contributed by atoms with van der Waals surface area (Å²) in [6.07, 6.45) is -0.441. The van der Waals surface area contributed by atoms with Gasteiger partial charge in [-0.1, -0.05) is 24.3 Å². The zero-order valence-corrected chi connectivity index (χ0v) is 21.8. The van der Waals surface area contributed by atoms with Crippen molar-refractivity contribution in [2.45, 2.75) is 52.6 Å². The van der Waals surface area contributed by atoms with E-state index in [0.717, 1.165) is 51.4 Å². The minimum absolute atomic E-state index is 0.279. The minimum atomic E-state index is -3.11. The molecule has 33 heavy (non-hydrogen) atoms. The van der Waals surface area contributed by atoms with Crippen LogP contribution in [0.15, 0.2) is 24.3 Å². The van der Waals surface area contributed by atoms with Crippen LogP contribution < -0.4 is 0 Å². The molecule has 2 atom stereocenters. The molecule has 0 radical (unpaired) electrons. The highest BCUT2D eigenvalue weighted by molar-refractivity contribution is 7.53. The molecule has 8 nitrogen and oxygen atoms in total. The molecule has 1 aliphatic heterocycles. The van der Waals surface area contributed by atoms with Crippen molar-refractivity contribution < 1.29 is 23.8 Å². The molecule has 190 valence electrons. The molecule has 0 aromatic heterocycles. The second kappa shape index (κ2) is 14.5. The monoisotopic (exact) mass is 485 g/mol. The first kappa shape index (κ1) is 28.4. The Morgan fingerprint density at radius 2 is 1.18 bits per heavy atom. The first-order valence-corrected chi connectivity index (χ1v) is 13.9. The predicted molar refractivity (Wildman–Crippen MR) is 133 cm³/mol. The molecule has 0 bridgehead atoms. The van der Waals surface area contributed by atoms with Crippen molar-refractivity contribution in [3.8, 4) is 0 Å². The Morgan fingerprint density at radius 3 is 1.58 bits per heavy atom. The standard InChI is InChI=1S/C24H44N3O5P/c1-5-31-33(30,32-6-2)20-24-9-7-23(8-10-24)19-27-15-13-25(17-21(3)28)11-12-26(14-16-27)18-22(4)29/h7-10,21-22,28-29H,5-6,11-20H2,1-4H3/t21-,22-/m0/s1. The summed E-state index contributed by atoms with van der Waals surface area (Å²) in [7, 11) is -3.11. The van der Waals surface area contributed by atoms with E-state index in [1.807, 2.05) is 39.8 Å². The Kier molecular flexibility index (Phi) is 12.5. The molecular weight excluding hydrogens is 441 g/mol. The van der Waals surface area contributed by atoms with Crippen LogP contribution in [0.3, 0.4) is 0 Å². The zero-order chi connectivity index (χ0) is 24.3. The Bertz CT molecular complexity index is 685. The van der Waals surface area contributed by atoms with Gasteiger partial charge in [-0.15, -0.1) is 0 Å². The van der Waals surface area contributed by atoms with Crippen molar-refractivity contribution in [1.82, 2.24) is 14.7 Å². The predicted octanol–water partition coefficient (Wildman–Crippen LogP) is 2.63. The van der Waals surface area contributed by atoms with Gasteiger partial charge in [0.25, 0.3) is 0 Å². The molecule has 0 saturated carbocycles. The lowest BCUT2D eigenvalue weighted by molar-refractivity contribution is 0.102. The number of aliphatic hydroxyl groups is 2. The van der Waals surface area contributed by atoms with E-state index in [9.17, 15) is 14.8 Å². The van der Waals surface area contributed by atoms with Crippen molar-refractivity contribution in [1.29, 1.82) is 0 Å². The second-order valence-electron chi connectivity index (χ2n) is 9.00. The van der Waals surface area contributed by atoms with Crippen LogP contribution in [0.25, 0.3) is 0 Å². The maximum atomic E-state index is 12.8. The molecule has 0 spiro atoms. The molecule has 0 unspecified atom stereocenters. The van der Waals surface area contributed by atoms with Crippen LogP contribution in [0.2, 0.25) is 0 Å². The highest BCUT2D eigenvalue weighted by Gasteiger charge is 2.24. The first-order valence-electron chi connectivity index (χ1n) is 12.2. The zero-order valence-electron chi connectivity index (χ0n) is 20.9. The third-order valence-electron chi connectivity index (χ3n) is 5.70. The topological polar surface area (TPSA) is 85.7 Å². The molecule has 0 amide bonds. The molecule has 1 saturated heterocycles. The van der Waals surface area contributed by atoms with Gasteiger partial charge in [0.15, 0.2) is 0 Å². The molecule has 1 aliphatic rings. The maximum Gasteiger partial charge on any atom is 0.335 e. The van der Waals surface area contributed by atoms with Gasteiger partial charge in [0.05, 0.1) is 31.6 Å². The summed E-state index contributed by atoms with van der Waals surface area (Å²) < 4.78 is 23.6.